The fourth-order valence-electron chi connectivity index (χ4n) is 2.48. The van der Waals surface area contributed by atoms with E-state index in [-0.39, 0.29) is 15.5 Å². The summed E-state index contributed by atoms with van der Waals surface area (Å²) in [6.07, 6.45) is 3.46. The molecular weight excluding hydrogens is 406 g/mol. The van der Waals surface area contributed by atoms with Crippen LogP contribution < -0.4 is 10.1 Å². The number of para-hydroxylation sites is 1. The number of nitrogens with zero attached hydrogens (tertiary/aromatic N) is 1. The van der Waals surface area contributed by atoms with Gasteiger partial charge in [0, 0.05) is 0 Å². The van der Waals surface area contributed by atoms with Crippen molar-refractivity contribution in [2.45, 2.75) is 11.1 Å². The zero-order valence-corrected chi connectivity index (χ0v) is 17.2. The molecule has 3 rings (SSSR count). The van der Waals surface area contributed by atoms with E-state index in [0.717, 1.165) is 22.5 Å². The average Bonchev–Trinajstić information content (AvgIpc) is 3.25. The molecule has 8 heteroatoms. The first-order valence-corrected chi connectivity index (χ1v) is 11.0. The average molecular weight is 426 g/mol. The van der Waals surface area contributed by atoms with Crippen molar-refractivity contribution in [3.63, 3.8) is 0 Å². The van der Waals surface area contributed by atoms with Gasteiger partial charge >= 0.3 is 0 Å². The molecule has 0 saturated heterocycles. The van der Waals surface area contributed by atoms with Crippen LogP contribution in [0.5, 0.6) is 0 Å². The second-order valence-electron chi connectivity index (χ2n) is 6.08. The van der Waals surface area contributed by atoms with Crippen LogP contribution in [0, 0.1) is 0 Å². The molecule has 29 heavy (non-hydrogen) atoms. The van der Waals surface area contributed by atoms with Crippen molar-refractivity contribution in [1.82, 2.24) is 5.43 Å². The summed E-state index contributed by atoms with van der Waals surface area (Å²) in [7, 11) is -3.75. The molecule has 0 atom stereocenters. The van der Waals surface area contributed by atoms with Gasteiger partial charge in [0.25, 0.3) is 15.9 Å². The predicted octanol–water partition coefficient (Wildman–Crippen LogP) is 4.37. The van der Waals surface area contributed by atoms with E-state index in [4.69, 9.17) is 0 Å². The third-order valence-corrected chi connectivity index (χ3v) is 6.57. The number of benzene rings is 2. The minimum absolute atomic E-state index is 0.174. The Bertz CT molecular complexity index is 1140. The Balaban J connectivity index is 1.71. The molecule has 2 aromatic carbocycles. The molecule has 0 aliphatic rings. The third-order valence-electron chi connectivity index (χ3n) is 3.80. The number of carbonyl (C=O) groups excluding carboxylic acids is 1. The molecule has 6 nitrogen and oxygen atoms in total. The van der Waals surface area contributed by atoms with Crippen LogP contribution in [-0.4, -0.2) is 20.5 Å². The molecule has 1 amide bonds. The summed E-state index contributed by atoms with van der Waals surface area (Å²) in [5.41, 5.74) is 4.67. The molecule has 0 spiro atoms. The molecular formula is C21H19N3O3S2. The van der Waals surface area contributed by atoms with Crippen LogP contribution in [0.25, 0.3) is 6.08 Å². The summed E-state index contributed by atoms with van der Waals surface area (Å²) in [4.78, 5) is 12.5. The zero-order valence-electron chi connectivity index (χ0n) is 15.6. The first-order chi connectivity index (χ1) is 14.0. The maximum absolute atomic E-state index is 12.5. The molecule has 2 N–H and O–H groups in total. The number of anilines is 1. The number of sulfonamides is 1. The van der Waals surface area contributed by atoms with E-state index in [9.17, 15) is 13.2 Å². The lowest BCUT2D eigenvalue weighted by Gasteiger charge is -2.10. The van der Waals surface area contributed by atoms with Crippen LogP contribution in [0.4, 0.5) is 5.69 Å². The monoisotopic (exact) mass is 425 g/mol. The number of hydrogen-bond acceptors (Lipinski definition) is 5. The van der Waals surface area contributed by atoms with E-state index in [1.165, 1.54) is 24.4 Å². The van der Waals surface area contributed by atoms with Crippen molar-refractivity contribution in [3.8, 4) is 0 Å². The molecule has 0 fully saturated rings. The Hall–Kier alpha value is -3.23. The largest absolute Gasteiger partial charge is 0.278 e. The van der Waals surface area contributed by atoms with Gasteiger partial charge in [-0.25, -0.2) is 13.8 Å². The number of hydrogen-bond donors (Lipinski definition) is 2. The Kier molecular flexibility index (Phi) is 6.58. The second kappa shape index (κ2) is 9.31. The van der Waals surface area contributed by atoms with Crippen LogP contribution in [0.1, 0.15) is 22.8 Å². The highest BCUT2D eigenvalue weighted by Crippen LogP contribution is 2.22. The molecule has 0 aliphatic heterocycles. The molecule has 3 aromatic rings. The summed E-state index contributed by atoms with van der Waals surface area (Å²) < 4.78 is 27.5. The first-order valence-electron chi connectivity index (χ1n) is 8.68. The summed E-state index contributed by atoms with van der Waals surface area (Å²) in [5, 5.41) is 5.64. The summed E-state index contributed by atoms with van der Waals surface area (Å²) in [6, 6.07) is 19.3. The second-order valence-corrected chi connectivity index (χ2v) is 8.94. The van der Waals surface area contributed by atoms with Gasteiger partial charge in [-0.2, -0.15) is 5.10 Å². The topological polar surface area (TPSA) is 87.6 Å². The standard InChI is InChI=1S/C21H19N3O3S2/c1-16(14-17-8-3-2-4-9-17)15-22-23-21(25)18-10-5-6-11-19(18)24-29(26,27)20-12-7-13-28-20/h2-15,24H,1H3,(H,23,25). The number of carbonyl (C=O) groups is 1. The molecule has 0 saturated carbocycles. The summed E-state index contributed by atoms with van der Waals surface area (Å²) >= 11 is 1.10. The van der Waals surface area contributed by atoms with Gasteiger partial charge in [-0.1, -0.05) is 54.6 Å². The fourth-order valence-corrected chi connectivity index (χ4v) is 4.56. The van der Waals surface area contributed by atoms with Gasteiger partial charge in [0.15, 0.2) is 0 Å². The minimum Gasteiger partial charge on any atom is -0.278 e. The number of rotatable bonds is 7. The van der Waals surface area contributed by atoms with Gasteiger partial charge in [-0.3, -0.25) is 9.52 Å². The van der Waals surface area contributed by atoms with E-state index >= 15 is 0 Å². The van der Waals surface area contributed by atoms with Crippen LogP contribution in [0.2, 0.25) is 0 Å². The normalized spacial score (nSPS) is 12.1. The molecule has 0 bridgehead atoms. The number of nitrogens with one attached hydrogen (secondary N) is 2. The Morgan fingerprint density at radius 2 is 1.72 bits per heavy atom. The minimum atomic E-state index is -3.75. The van der Waals surface area contributed by atoms with Gasteiger partial charge in [-0.15, -0.1) is 11.3 Å². The van der Waals surface area contributed by atoms with E-state index in [1.54, 1.807) is 23.6 Å². The third kappa shape index (κ3) is 5.63. The summed E-state index contributed by atoms with van der Waals surface area (Å²) in [5.74, 6) is -0.516. The summed E-state index contributed by atoms with van der Waals surface area (Å²) in [6.45, 7) is 1.87. The highest BCUT2D eigenvalue weighted by Gasteiger charge is 2.19. The Morgan fingerprint density at radius 3 is 2.45 bits per heavy atom. The smallest absolute Gasteiger partial charge is 0.273 e. The number of thiophene rings is 1. The lowest BCUT2D eigenvalue weighted by Crippen LogP contribution is -2.21. The Labute approximate surface area is 173 Å². The predicted molar refractivity (Wildman–Crippen MR) is 118 cm³/mol. The molecule has 0 aliphatic carbocycles. The molecule has 0 unspecified atom stereocenters. The van der Waals surface area contributed by atoms with Crippen LogP contribution >= 0.6 is 11.3 Å². The highest BCUT2D eigenvalue weighted by atomic mass is 32.2. The molecule has 1 heterocycles. The van der Waals surface area contributed by atoms with Gasteiger partial charge in [0.2, 0.25) is 0 Å². The lowest BCUT2D eigenvalue weighted by molar-refractivity contribution is 0.0956. The quantitative estimate of drug-likeness (QED) is 0.435. The number of amides is 1. The van der Waals surface area contributed by atoms with E-state index in [0.29, 0.717) is 0 Å². The van der Waals surface area contributed by atoms with Crippen molar-refractivity contribution in [2.24, 2.45) is 5.10 Å². The van der Waals surface area contributed by atoms with Crippen molar-refractivity contribution < 1.29 is 13.2 Å². The molecule has 1 aromatic heterocycles. The maximum Gasteiger partial charge on any atom is 0.273 e. The first kappa shape index (κ1) is 20.5. The number of hydrazone groups is 1. The van der Waals surface area contributed by atoms with Gasteiger partial charge in [0.05, 0.1) is 17.5 Å². The maximum atomic E-state index is 12.5. The van der Waals surface area contributed by atoms with Crippen LogP contribution in [0.3, 0.4) is 0 Å². The van der Waals surface area contributed by atoms with Gasteiger partial charge < -0.3 is 0 Å². The van der Waals surface area contributed by atoms with Crippen molar-refractivity contribution >= 4 is 45.2 Å². The SMILES string of the molecule is CC(C=NNC(=O)c1ccccc1NS(=O)(=O)c1cccs1)=Cc1ccccc1. The highest BCUT2D eigenvalue weighted by molar-refractivity contribution is 7.94. The van der Waals surface area contributed by atoms with Crippen molar-refractivity contribution in [3.05, 3.63) is 88.8 Å². The van der Waals surface area contributed by atoms with Crippen LogP contribution in [-0.2, 0) is 10.0 Å². The zero-order chi connectivity index (χ0) is 20.7. The van der Waals surface area contributed by atoms with Crippen molar-refractivity contribution in [2.75, 3.05) is 4.72 Å². The molecule has 0 radical (unpaired) electrons. The van der Waals surface area contributed by atoms with Gasteiger partial charge in [0.1, 0.15) is 4.21 Å². The number of allylic oxidation sites excluding steroid dienone is 1. The van der Waals surface area contributed by atoms with E-state index in [1.807, 2.05) is 43.3 Å². The molecule has 148 valence electrons. The fraction of sp³-hybridized carbons (Fsp3) is 0.0476. The Morgan fingerprint density at radius 1 is 1.00 bits per heavy atom. The van der Waals surface area contributed by atoms with E-state index in [2.05, 4.69) is 15.2 Å². The van der Waals surface area contributed by atoms with Crippen molar-refractivity contribution in [1.29, 1.82) is 0 Å². The van der Waals surface area contributed by atoms with Gasteiger partial charge in [-0.05, 0) is 41.6 Å². The van der Waals surface area contributed by atoms with Crippen LogP contribution in [0.15, 0.2) is 87.0 Å². The lowest BCUT2D eigenvalue weighted by atomic mass is 10.1. The van der Waals surface area contributed by atoms with E-state index < -0.39 is 15.9 Å².